The predicted octanol–water partition coefficient (Wildman–Crippen LogP) is 3.52. The Balaban J connectivity index is 2.55. The van der Waals surface area contributed by atoms with E-state index in [9.17, 15) is 9.50 Å². The zero-order valence-corrected chi connectivity index (χ0v) is 9.70. The molecule has 0 fully saturated rings. The molecule has 0 aliphatic rings. The van der Waals surface area contributed by atoms with E-state index >= 15 is 0 Å². The molecule has 2 aromatic rings. The number of hydrogen-bond donors (Lipinski definition) is 1. The van der Waals surface area contributed by atoms with Gasteiger partial charge >= 0.3 is 0 Å². The number of benzene rings is 2. The number of phenols is 1. The molecular weight excluding hydrogens is 219 g/mol. The zero-order chi connectivity index (χ0) is 12.4. The Bertz CT molecular complexity index is 550. The Morgan fingerprint density at radius 2 is 1.88 bits per heavy atom. The molecule has 0 heterocycles. The summed E-state index contributed by atoms with van der Waals surface area (Å²) in [4.78, 5) is 0. The second kappa shape index (κ2) is 4.45. The van der Waals surface area contributed by atoms with E-state index in [-0.39, 0.29) is 11.6 Å². The van der Waals surface area contributed by atoms with Crippen molar-refractivity contribution >= 4 is 0 Å². The fraction of sp³-hybridized carbons (Fsp3) is 0.143. The van der Waals surface area contributed by atoms with E-state index in [4.69, 9.17) is 4.74 Å². The Labute approximate surface area is 99.3 Å². The Morgan fingerprint density at radius 3 is 2.53 bits per heavy atom. The summed E-state index contributed by atoms with van der Waals surface area (Å²) >= 11 is 0. The van der Waals surface area contributed by atoms with Crippen molar-refractivity contribution in [2.24, 2.45) is 0 Å². The second-order valence-electron chi connectivity index (χ2n) is 3.85. The zero-order valence-electron chi connectivity index (χ0n) is 9.70. The van der Waals surface area contributed by atoms with Gasteiger partial charge < -0.3 is 9.84 Å². The second-order valence-corrected chi connectivity index (χ2v) is 3.85. The standard InChI is InChI=1S/C14H13FO2/c1-9-3-4-10(7-14(9)16)12-8-11(17-2)5-6-13(12)15/h3-8,16H,1-2H3. The fourth-order valence-electron chi connectivity index (χ4n) is 1.63. The summed E-state index contributed by atoms with van der Waals surface area (Å²) in [6.07, 6.45) is 0. The van der Waals surface area contributed by atoms with Gasteiger partial charge in [0, 0.05) is 5.56 Å². The van der Waals surface area contributed by atoms with Crippen LogP contribution in [-0.4, -0.2) is 12.2 Å². The number of phenolic OH excluding ortho intramolecular Hbond substituents is 1. The summed E-state index contributed by atoms with van der Waals surface area (Å²) in [6.45, 7) is 1.79. The van der Waals surface area contributed by atoms with Crippen LogP contribution in [0.4, 0.5) is 4.39 Å². The van der Waals surface area contributed by atoms with Crippen molar-refractivity contribution in [3.63, 3.8) is 0 Å². The Morgan fingerprint density at radius 1 is 1.12 bits per heavy atom. The summed E-state index contributed by atoms with van der Waals surface area (Å²) in [6, 6.07) is 9.60. The lowest BCUT2D eigenvalue weighted by molar-refractivity contribution is 0.414. The van der Waals surface area contributed by atoms with E-state index in [1.807, 2.05) is 0 Å². The molecule has 17 heavy (non-hydrogen) atoms. The van der Waals surface area contributed by atoms with Gasteiger partial charge in [-0.2, -0.15) is 0 Å². The number of hydrogen-bond acceptors (Lipinski definition) is 2. The van der Waals surface area contributed by atoms with Gasteiger partial charge in [0.15, 0.2) is 0 Å². The maximum Gasteiger partial charge on any atom is 0.131 e. The Hall–Kier alpha value is -2.03. The van der Waals surface area contributed by atoms with Crippen LogP contribution in [0.1, 0.15) is 5.56 Å². The maximum atomic E-state index is 13.7. The van der Waals surface area contributed by atoms with E-state index in [1.165, 1.54) is 13.2 Å². The number of aryl methyl sites for hydroxylation is 1. The molecular formula is C14H13FO2. The number of ether oxygens (including phenoxy) is 1. The topological polar surface area (TPSA) is 29.5 Å². The van der Waals surface area contributed by atoms with Gasteiger partial charge in [-0.3, -0.25) is 0 Å². The van der Waals surface area contributed by atoms with Crippen molar-refractivity contribution in [2.75, 3.05) is 7.11 Å². The molecule has 0 aliphatic carbocycles. The molecule has 0 spiro atoms. The van der Waals surface area contributed by atoms with E-state index in [0.717, 1.165) is 5.56 Å². The largest absolute Gasteiger partial charge is 0.508 e. The third-order valence-corrected chi connectivity index (χ3v) is 2.69. The van der Waals surface area contributed by atoms with E-state index in [2.05, 4.69) is 0 Å². The van der Waals surface area contributed by atoms with Gasteiger partial charge in [-0.05, 0) is 42.3 Å². The van der Waals surface area contributed by atoms with Crippen LogP contribution >= 0.6 is 0 Å². The van der Waals surface area contributed by atoms with Gasteiger partial charge in [0.25, 0.3) is 0 Å². The highest BCUT2D eigenvalue weighted by Crippen LogP contribution is 2.30. The highest BCUT2D eigenvalue weighted by molar-refractivity contribution is 5.68. The van der Waals surface area contributed by atoms with Crippen LogP contribution in [0, 0.1) is 12.7 Å². The molecule has 2 rings (SSSR count). The van der Waals surface area contributed by atoms with Gasteiger partial charge in [0.05, 0.1) is 7.11 Å². The summed E-state index contributed by atoms with van der Waals surface area (Å²) in [5, 5.41) is 9.63. The monoisotopic (exact) mass is 232 g/mol. The molecule has 3 heteroatoms. The number of methoxy groups -OCH3 is 1. The van der Waals surface area contributed by atoms with Crippen LogP contribution in [0.5, 0.6) is 11.5 Å². The maximum absolute atomic E-state index is 13.7. The molecule has 0 radical (unpaired) electrons. The van der Waals surface area contributed by atoms with Crippen LogP contribution in [0.15, 0.2) is 36.4 Å². The van der Waals surface area contributed by atoms with Crippen LogP contribution in [0.25, 0.3) is 11.1 Å². The molecule has 0 saturated carbocycles. The minimum Gasteiger partial charge on any atom is -0.508 e. The third kappa shape index (κ3) is 2.23. The molecule has 0 atom stereocenters. The van der Waals surface area contributed by atoms with Gasteiger partial charge in [0.2, 0.25) is 0 Å². The molecule has 2 aromatic carbocycles. The lowest BCUT2D eigenvalue weighted by atomic mass is 10.0. The van der Waals surface area contributed by atoms with Crippen molar-refractivity contribution in [3.05, 3.63) is 47.8 Å². The van der Waals surface area contributed by atoms with Gasteiger partial charge in [-0.1, -0.05) is 12.1 Å². The molecule has 88 valence electrons. The van der Waals surface area contributed by atoms with Crippen LogP contribution < -0.4 is 4.74 Å². The van der Waals surface area contributed by atoms with Crippen molar-refractivity contribution in [1.29, 1.82) is 0 Å². The van der Waals surface area contributed by atoms with Crippen LogP contribution in [0.3, 0.4) is 0 Å². The van der Waals surface area contributed by atoms with Gasteiger partial charge in [0.1, 0.15) is 17.3 Å². The molecule has 0 amide bonds. The van der Waals surface area contributed by atoms with Crippen molar-refractivity contribution in [2.45, 2.75) is 6.92 Å². The van der Waals surface area contributed by atoms with Gasteiger partial charge in [-0.15, -0.1) is 0 Å². The van der Waals surface area contributed by atoms with Crippen molar-refractivity contribution in [1.82, 2.24) is 0 Å². The highest BCUT2D eigenvalue weighted by Gasteiger charge is 2.08. The Kier molecular flexibility index (Phi) is 3.00. The highest BCUT2D eigenvalue weighted by atomic mass is 19.1. The lowest BCUT2D eigenvalue weighted by Gasteiger charge is -2.08. The number of aromatic hydroxyl groups is 1. The average molecular weight is 232 g/mol. The SMILES string of the molecule is COc1ccc(F)c(-c2ccc(C)c(O)c2)c1. The van der Waals surface area contributed by atoms with Crippen LogP contribution in [0.2, 0.25) is 0 Å². The number of halogens is 1. The van der Waals surface area contributed by atoms with Crippen molar-refractivity contribution < 1.29 is 14.2 Å². The quantitative estimate of drug-likeness (QED) is 0.858. The average Bonchev–Trinajstić information content (AvgIpc) is 2.33. The van der Waals surface area contributed by atoms with E-state index < -0.39 is 0 Å². The normalized spacial score (nSPS) is 10.3. The molecule has 0 bridgehead atoms. The van der Waals surface area contributed by atoms with Crippen molar-refractivity contribution in [3.8, 4) is 22.6 Å². The van der Waals surface area contributed by atoms with Crippen LogP contribution in [-0.2, 0) is 0 Å². The molecule has 1 N–H and O–H groups in total. The molecule has 0 unspecified atom stereocenters. The lowest BCUT2D eigenvalue weighted by Crippen LogP contribution is -1.88. The summed E-state index contributed by atoms with van der Waals surface area (Å²) in [5.41, 5.74) is 1.81. The minimum absolute atomic E-state index is 0.157. The first-order chi connectivity index (χ1) is 8.11. The molecule has 0 aliphatic heterocycles. The number of rotatable bonds is 2. The first-order valence-corrected chi connectivity index (χ1v) is 5.25. The molecule has 2 nitrogen and oxygen atoms in total. The molecule has 0 saturated heterocycles. The third-order valence-electron chi connectivity index (χ3n) is 2.69. The first kappa shape index (κ1) is 11.5. The minimum atomic E-state index is -0.339. The molecule has 0 aromatic heterocycles. The summed E-state index contributed by atoms with van der Waals surface area (Å²) in [7, 11) is 1.53. The van der Waals surface area contributed by atoms with E-state index in [0.29, 0.717) is 16.9 Å². The fourth-order valence-corrected chi connectivity index (χ4v) is 1.63. The first-order valence-electron chi connectivity index (χ1n) is 5.25. The smallest absolute Gasteiger partial charge is 0.131 e. The summed E-state index contributed by atoms with van der Waals surface area (Å²) < 4.78 is 18.7. The van der Waals surface area contributed by atoms with E-state index in [1.54, 1.807) is 37.3 Å². The van der Waals surface area contributed by atoms with Gasteiger partial charge in [-0.25, -0.2) is 4.39 Å². The summed E-state index contributed by atoms with van der Waals surface area (Å²) in [5.74, 6) is 0.403. The predicted molar refractivity (Wildman–Crippen MR) is 64.8 cm³/mol.